The summed E-state index contributed by atoms with van der Waals surface area (Å²) in [6.45, 7) is 3.97. The molecule has 0 spiro atoms. The molecule has 0 unspecified atom stereocenters. The molecular formula is C18H19NO4. The van der Waals surface area contributed by atoms with E-state index in [0.29, 0.717) is 11.7 Å². The second-order valence-corrected chi connectivity index (χ2v) is 5.41. The van der Waals surface area contributed by atoms with Crippen LogP contribution in [0.15, 0.2) is 48.5 Å². The molecule has 120 valence electrons. The van der Waals surface area contributed by atoms with E-state index in [9.17, 15) is 9.59 Å². The van der Waals surface area contributed by atoms with Crippen LogP contribution in [-0.2, 0) is 4.79 Å². The molecule has 0 bridgehead atoms. The van der Waals surface area contributed by atoms with Crippen molar-refractivity contribution in [1.82, 2.24) is 0 Å². The number of hydrogen-bond donors (Lipinski definition) is 2. The van der Waals surface area contributed by atoms with Crippen molar-refractivity contribution in [3.63, 3.8) is 0 Å². The number of carbonyl (C=O) groups excluding carboxylic acids is 1. The Bertz CT molecular complexity index is 710. The quantitative estimate of drug-likeness (QED) is 0.855. The van der Waals surface area contributed by atoms with Gasteiger partial charge in [0.15, 0.2) is 6.61 Å². The van der Waals surface area contributed by atoms with Gasteiger partial charge in [-0.1, -0.05) is 38.1 Å². The van der Waals surface area contributed by atoms with E-state index >= 15 is 0 Å². The van der Waals surface area contributed by atoms with Crippen LogP contribution in [0.1, 0.15) is 35.7 Å². The lowest BCUT2D eigenvalue weighted by atomic mass is 10.0. The number of carboxylic acids is 1. The number of aromatic carboxylic acids is 1. The van der Waals surface area contributed by atoms with E-state index in [2.05, 4.69) is 19.2 Å². The Balaban J connectivity index is 1.98. The zero-order chi connectivity index (χ0) is 16.8. The number of para-hydroxylation sites is 1. The monoisotopic (exact) mass is 313 g/mol. The fourth-order valence-electron chi connectivity index (χ4n) is 2.08. The summed E-state index contributed by atoms with van der Waals surface area (Å²) in [5.41, 5.74) is 1.42. The third-order valence-corrected chi connectivity index (χ3v) is 3.33. The molecule has 2 N–H and O–H groups in total. The van der Waals surface area contributed by atoms with Crippen molar-refractivity contribution in [2.45, 2.75) is 19.8 Å². The summed E-state index contributed by atoms with van der Waals surface area (Å²) in [4.78, 5) is 23.1. The van der Waals surface area contributed by atoms with Crippen LogP contribution < -0.4 is 10.1 Å². The zero-order valence-electron chi connectivity index (χ0n) is 13.1. The van der Waals surface area contributed by atoms with Crippen LogP contribution in [0.5, 0.6) is 5.75 Å². The highest BCUT2D eigenvalue weighted by Gasteiger charge is 2.12. The van der Waals surface area contributed by atoms with Gasteiger partial charge in [0.05, 0.1) is 11.3 Å². The second-order valence-electron chi connectivity index (χ2n) is 5.41. The summed E-state index contributed by atoms with van der Waals surface area (Å²) in [7, 11) is 0. The predicted molar refractivity (Wildman–Crippen MR) is 88.1 cm³/mol. The molecule has 2 rings (SSSR count). The molecule has 2 aromatic rings. The van der Waals surface area contributed by atoms with Crippen LogP contribution in [0.3, 0.4) is 0 Å². The van der Waals surface area contributed by atoms with Gasteiger partial charge in [-0.15, -0.1) is 0 Å². The first-order chi connectivity index (χ1) is 11.0. The lowest BCUT2D eigenvalue weighted by molar-refractivity contribution is -0.118. The maximum Gasteiger partial charge on any atom is 0.337 e. The normalized spacial score (nSPS) is 10.4. The summed E-state index contributed by atoms with van der Waals surface area (Å²) in [6.07, 6.45) is 0. The highest BCUT2D eigenvalue weighted by atomic mass is 16.5. The molecule has 0 fully saturated rings. The maximum atomic E-state index is 12.0. The number of hydrogen-bond acceptors (Lipinski definition) is 3. The first-order valence-electron chi connectivity index (χ1n) is 7.32. The number of amides is 1. The zero-order valence-corrected chi connectivity index (χ0v) is 13.1. The Morgan fingerprint density at radius 1 is 1.13 bits per heavy atom. The van der Waals surface area contributed by atoms with Crippen molar-refractivity contribution in [3.05, 3.63) is 59.7 Å². The number of carbonyl (C=O) groups is 2. The van der Waals surface area contributed by atoms with Crippen LogP contribution in [0.4, 0.5) is 5.69 Å². The molecule has 0 aliphatic carbocycles. The Hall–Kier alpha value is -2.82. The molecule has 5 nitrogen and oxygen atoms in total. The van der Waals surface area contributed by atoms with Gasteiger partial charge >= 0.3 is 5.97 Å². The van der Waals surface area contributed by atoms with Gasteiger partial charge in [-0.2, -0.15) is 0 Å². The lowest BCUT2D eigenvalue weighted by Gasteiger charge is -2.11. The molecule has 0 saturated heterocycles. The van der Waals surface area contributed by atoms with Crippen molar-refractivity contribution in [2.75, 3.05) is 11.9 Å². The minimum atomic E-state index is -1.09. The Morgan fingerprint density at radius 3 is 2.57 bits per heavy atom. The molecule has 2 aromatic carbocycles. The fourth-order valence-corrected chi connectivity index (χ4v) is 2.08. The standard InChI is InChI=1S/C18H19NO4/c1-12(2)13-6-5-7-14(10-13)23-11-17(20)19-16-9-4-3-8-15(16)18(21)22/h3-10,12H,11H2,1-2H3,(H,19,20)(H,21,22). The van der Waals surface area contributed by atoms with E-state index < -0.39 is 11.9 Å². The Labute approximate surface area is 134 Å². The Morgan fingerprint density at radius 2 is 1.87 bits per heavy atom. The minimum Gasteiger partial charge on any atom is -0.484 e. The van der Waals surface area contributed by atoms with Gasteiger partial charge in [0.2, 0.25) is 0 Å². The van der Waals surface area contributed by atoms with Gasteiger partial charge in [0, 0.05) is 0 Å². The summed E-state index contributed by atoms with van der Waals surface area (Å²) >= 11 is 0. The van der Waals surface area contributed by atoms with Crippen molar-refractivity contribution in [3.8, 4) is 5.75 Å². The van der Waals surface area contributed by atoms with Crippen LogP contribution in [0.2, 0.25) is 0 Å². The molecule has 0 heterocycles. The average molecular weight is 313 g/mol. The second kappa shape index (κ2) is 7.45. The third kappa shape index (κ3) is 4.57. The van der Waals surface area contributed by atoms with E-state index in [1.54, 1.807) is 24.3 Å². The molecule has 1 amide bonds. The molecule has 0 aromatic heterocycles. The van der Waals surface area contributed by atoms with Crippen LogP contribution >= 0.6 is 0 Å². The summed E-state index contributed by atoms with van der Waals surface area (Å²) in [6, 6.07) is 13.8. The number of anilines is 1. The number of nitrogens with one attached hydrogen (secondary N) is 1. The van der Waals surface area contributed by atoms with E-state index in [1.165, 1.54) is 6.07 Å². The minimum absolute atomic E-state index is 0.0441. The largest absolute Gasteiger partial charge is 0.484 e. The third-order valence-electron chi connectivity index (χ3n) is 3.33. The molecule has 23 heavy (non-hydrogen) atoms. The van der Waals surface area contributed by atoms with Gasteiger partial charge in [0.1, 0.15) is 5.75 Å². The maximum absolute atomic E-state index is 12.0. The van der Waals surface area contributed by atoms with Gasteiger partial charge in [-0.05, 0) is 35.7 Å². The van der Waals surface area contributed by atoms with Gasteiger partial charge in [0.25, 0.3) is 5.91 Å². The summed E-state index contributed by atoms with van der Waals surface area (Å²) in [5.74, 6) is -0.521. The van der Waals surface area contributed by atoms with Crippen LogP contribution in [-0.4, -0.2) is 23.6 Å². The number of ether oxygens (including phenoxy) is 1. The highest BCUT2D eigenvalue weighted by Crippen LogP contribution is 2.20. The molecule has 0 saturated carbocycles. The molecule has 0 aliphatic heterocycles. The van der Waals surface area contributed by atoms with Gasteiger partial charge in [-0.3, -0.25) is 4.79 Å². The highest BCUT2D eigenvalue weighted by molar-refractivity contribution is 6.00. The van der Waals surface area contributed by atoms with Gasteiger partial charge < -0.3 is 15.2 Å². The van der Waals surface area contributed by atoms with Gasteiger partial charge in [-0.25, -0.2) is 4.79 Å². The lowest BCUT2D eigenvalue weighted by Crippen LogP contribution is -2.21. The topological polar surface area (TPSA) is 75.6 Å². The fraction of sp³-hybridized carbons (Fsp3) is 0.222. The summed E-state index contributed by atoms with van der Waals surface area (Å²) in [5, 5.41) is 11.6. The van der Waals surface area contributed by atoms with E-state index in [4.69, 9.17) is 9.84 Å². The van der Waals surface area contributed by atoms with Crippen molar-refractivity contribution in [2.24, 2.45) is 0 Å². The first-order valence-corrected chi connectivity index (χ1v) is 7.32. The van der Waals surface area contributed by atoms with Crippen molar-refractivity contribution < 1.29 is 19.4 Å². The molecular weight excluding hydrogens is 294 g/mol. The van der Waals surface area contributed by atoms with E-state index in [1.807, 2.05) is 18.2 Å². The number of carboxylic acid groups (broad SMARTS) is 1. The van der Waals surface area contributed by atoms with E-state index in [-0.39, 0.29) is 17.9 Å². The van der Waals surface area contributed by atoms with Crippen molar-refractivity contribution in [1.29, 1.82) is 0 Å². The Kier molecular flexibility index (Phi) is 5.36. The molecule has 0 aliphatic rings. The van der Waals surface area contributed by atoms with Crippen LogP contribution in [0.25, 0.3) is 0 Å². The smallest absolute Gasteiger partial charge is 0.337 e. The average Bonchev–Trinajstić information content (AvgIpc) is 2.53. The molecule has 0 radical (unpaired) electrons. The summed E-state index contributed by atoms with van der Waals surface area (Å²) < 4.78 is 5.47. The number of benzene rings is 2. The van der Waals surface area contributed by atoms with Crippen molar-refractivity contribution >= 4 is 17.6 Å². The van der Waals surface area contributed by atoms with Crippen LogP contribution in [0, 0.1) is 0 Å². The first kappa shape index (κ1) is 16.5. The molecule has 5 heteroatoms. The molecule has 0 atom stereocenters. The predicted octanol–water partition coefficient (Wildman–Crippen LogP) is 3.53. The number of rotatable bonds is 6. The SMILES string of the molecule is CC(C)c1cccc(OCC(=O)Nc2ccccc2C(=O)O)c1. The van der Waals surface area contributed by atoms with E-state index in [0.717, 1.165) is 5.56 Å².